The van der Waals surface area contributed by atoms with E-state index < -0.39 is 0 Å². The van der Waals surface area contributed by atoms with Gasteiger partial charge in [-0.15, -0.1) is 0 Å². The number of rotatable bonds is 6. The molecule has 0 radical (unpaired) electrons. The number of aliphatic hydroxyl groups excluding tert-OH is 1. The molecular weight excluding hydrogens is 310 g/mol. The number of benzene rings is 1. The average molecular weight is 330 g/mol. The first-order valence-corrected chi connectivity index (χ1v) is 7.04. The lowest BCUT2D eigenvalue weighted by Gasteiger charge is -2.18. The molecule has 0 bridgehead atoms. The number of hydrogen-bond acceptors (Lipinski definition) is 3. The van der Waals surface area contributed by atoms with Gasteiger partial charge in [-0.3, -0.25) is 4.79 Å². The second kappa shape index (κ2) is 7.50. The third-order valence-electron chi connectivity index (χ3n) is 2.94. The maximum absolute atomic E-state index is 11.7. The molecule has 2 N–H and O–H groups in total. The lowest BCUT2D eigenvalue weighted by Crippen LogP contribution is -2.39. The zero-order valence-corrected chi connectivity index (χ0v) is 13.0. The van der Waals surface area contributed by atoms with Gasteiger partial charge < -0.3 is 15.2 Å². The molecule has 1 aromatic rings. The fourth-order valence-corrected chi connectivity index (χ4v) is 1.83. The van der Waals surface area contributed by atoms with Crippen molar-refractivity contribution >= 4 is 21.8 Å². The number of nitrogens with one attached hydrogen (secondary N) is 1. The number of aliphatic hydroxyl groups is 1. The smallest absolute Gasteiger partial charge is 0.258 e. The lowest BCUT2D eigenvalue weighted by molar-refractivity contribution is -0.124. The number of hydrogen-bond donors (Lipinski definition) is 2. The zero-order chi connectivity index (χ0) is 14.4. The first kappa shape index (κ1) is 16.0. The minimum Gasteiger partial charge on any atom is -0.483 e. The molecule has 106 valence electrons. The molecule has 0 saturated heterocycles. The van der Waals surface area contributed by atoms with Crippen LogP contribution in [0.15, 0.2) is 22.7 Å². The van der Waals surface area contributed by atoms with Gasteiger partial charge in [0.25, 0.3) is 5.91 Å². The third-order valence-corrected chi connectivity index (χ3v) is 3.43. The highest BCUT2D eigenvalue weighted by atomic mass is 79.9. The molecule has 1 rings (SSSR count). The summed E-state index contributed by atoms with van der Waals surface area (Å²) in [7, 11) is 0. The maximum atomic E-state index is 11.7. The molecule has 19 heavy (non-hydrogen) atoms. The maximum Gasteiger partial charge on any atom is 0.258 e. The van der Waals surface area contributed by atoms with E-state index >= 15 is 0 Å². The molecule has 1 aromatic carbocycles. The zero-order valence-electron chi connectivity index (χ0n) is 11.4. The van der Waals surface area contributed by atoms with Crippen molar-refractivity contribution in [1.29, 1.82) is 0 Å². The Morgan fingerprint density at radius 2 is 2.11 bits per heavy atom. The minimum atomic E-state index is -0.159. The van der Waals surface area contributed by atoms with E-state index in [-0.39, 0.29) is 25.2 Å². The largest absolute Gasteiger partial charge is 0.483 e. The molecule has 4 nitrogen and oxygen atoms in total. The summed E-state index contributed by atoms with van der Waals surface area (Å²) >= 11 is 3.32. The van der Waals surface area contributed by atoms with E-state index in [0.29, 0.717) is 17.2 Å². The molecule has 0 unspecified atom stereocenters. The molecular formula is C14H20BrNO3. The second-order valence-corrected chi connectivity index (χ2v) is 5.71. The van der Waals surface area contributed by atoms with E-state index in [4.69, 9.17) is 4.74 Å². The van der Waals surface area contributed by atoms with Crippen molar-refractivity contribution in [2.24, 2.45) is 5.92 Å². The highest BCUT2D eigenvalue weighted by Gasteiger charge is 2.12. The van der Waals surface area contributed by atoms with Crippen molar-refractivity contribution in [3.63, 3.8) is 0 Å². The van der Waals surface area contributed by atoms with E-state index in [1.54, 1.807) is 12.1 Å². The van der Waals surface area contributed by atoms with Crippen molar-refractivity contribution in [3.8, 4) is 5.75 Å². The predicted molar refractivity (Wildman–Crippen MR) is 78.0 cm³/mol. The van der Waals surface area contributed by atoms with Crippen LogP contribution in [0.5, 0.6) is 5.75 Å². The number of halogens is 1. The molecule has 0 heterocycles. The molecule has 1 amide bonds. The van der Waals surface area contributed by atoms with Gasteiger partial charge in [0.1, 0.15) is 5.75 Å². The van der Waals surface area contributed by atoms with Gasteiger partial charge in [-0.1, -0.05) is 29.8 Å². The topological polar surface area (TPSA) is 58.6 Å². The van der Waals surface area contributed by atoms with Crippen LogP contribution in [0.1, 0.15) is 26.3 Å². The quantitative estimate of drug-likeness (QED) is 0.842. The Labute approximate surface area is 122 Å². The van der Waals surface area contributed by atoms with Crippen molar-refractivity contribution in [2.75, 3.05) is 6.61 Å². The number of carbonyl (C=O) groups excluding carboxylic acids is 1. The van der Waals surface area contributed by atoms with E-state index in [0.717, 1.165) is 4.47 Å². The van der Waals surface area contributed by atoms with Crippen LogP contribution in [0.3, 0.4) is 0 Å². The van der Waals surface area contributed by atoms with Crippen LogP contribution in [-0.4, -0.2) is 23.7 Å². The Morgan fingerprint density at radius 1 is 1.42 bits per heavy atom. The van der Waals surface area contributed by atoms with E-state index in [2.05, 4.69) is 21.2 Å². The SMILES string of the molecule is CC(C)[C@@H](C)NC(=O)COc1ccc(Br)cc1CO. The fraction of sp³-hybridized carbons (Fsp3) is 0.500. The van der Waals surface area contributed by atoms with Gasteiger partial charge in [-0.2, -0.15) is 0 Å². The van der Waals surface area contributed by atoms with Crippen molar-refractivity contribution in [2.45, 2.75) is 33.4 Å². The summed E-state index contributed by atoms with van der Waals surface area (Å²) < 4.78 is 6.30. The Hall–Kier alpha value is -1.07. The number of amides is 1. The highest BCUT2D eigenvalue weighted by Crippen LogP contribution is 2.23. The standard InChI is InChI=1S/C14H20BrNO3/c1-9(2)10(3)16-14(18)8-19-13-5-4-12(15)6-11(13)7-17/h4-6,9-10,17H,7-8H2,1-3H3,(H,16,18)/t10-/m1/s1. The van der Waals surface area contributed by atoms with Crippen LogP contribution in [0.25, 0.3) is 0 Å². The van der Waals surface area contributed by atoms with Gasteiger partial charge in [0.05, 0.1) is 6.61 Å². The normalized spacial score (nSPS) is 12.3. The molecule has 0 fully saturated rings. The van der Waals surface area contributed by atoms with Gasteiger partial charge in [0.2, 0.25) is 0 Å². The van der Waals surface area contributed by atoms with Gasteiger partial charge in [-0.25, -0.2) is 0 Å². The van der Waals surface area contributed by atoms with E-state index in [9.17, 15) is 9.90 Å². The minimum absolute atomic E-state index is 0.0499. The summed E-state index contributed by atoms with van der Waals surface area (Å²) in [5, 5.41) is 12.1. The summed E-state index contributed by atoms with van der Waals surface area (Å²) in [6, 6.07) is 5.42. The Kier molecular flexibility index (Phi) is 6.31. The molecule has 0 aliphatic rings. The molecule has 0 aliphatic heterocycles. The first-order valence-electron chi connectivity index (χ1n) is 6.25. The molecule has 5 heteroatoms. The Bertz CT molecular complexity index is 435. The van der Waals surface area contributed by atoms with Gasteiger partial charge in [-0.05, 0) is 31.0 Å². The Balaban J connectivity index is 2.55. The van der Waals surface area contributed by atoms with Crippen molar-refractivity contribution < 1.29 is 14.6 Å². The highest BCUT2D eigenvalue weighted by molar-refractivity contribution is 9.10. The average Bonchev–Trinajstić information content (AvgIpc) is 2.36. The summed E-state index contributed by atoms with van der Waals surface area (Å²) in [6.07, 6.45) is 0. The van der Waals surface area contributed by atoms with Crippen LogP contribution >= 0.6 is 15.9 Å². The summed E-state index contributed by atoms with van der Waals surface area (Å²) in [5.41, 5.74) is 0.652. The van der Waals surface area contributed by atoms with Crippen LogP contribution in [0.4, 0.5) is 0 Å². The first-order chi connectivity index (χ1) is 8.93. The van der Waals surface area contributed by atoms with E-state index in [1.165, 1.54) is 0 Å². The van der Waals surface area contributed by atoms with Gasteiger partial charge >= 0.3 is 0 Å². The van der Waals surface area contributed by atoms with Gasteiger partial charge in [0.15, 0.2) is 6.61 Å². The Morgan fingerprint density at radius 3 is 2.68 bits per heavy atom. The predicted octanol–water partition coefficient (Wildman–Crippen LogP) is 2.48. The number of ether oxygens (including phenoxy) is 1. The van der Waals surface area contributed by atoms with Crippen LogP contribution < -0.4 is 10.1 Å². The summed E-state index contributed by atoms with van der Waals surface area (Å²) in [4.78, 5) is 11.7. The van der Waals surface area contributed by atoms with Crippen molar-refractivity contribution in [3.05, 3.63) is 28.2 Å². The second-order valence-electron chi connectivity index (χ2n) is 4.80. The third kappa shape index (κ3) is 5.20. The molecule has 0 saturated carbocycles. The molecule has 0 aromatic heterocycles. The molecule has 0 aliphatic carbocycles. The van der Waals surface area contributed by atoms with Crippen LogP contribution in [0.2, 0.25) is 0 Å². The number of carbonyl (C=O) groups is 1. The van der Waals surface area contributed by atoms with Gasteiger partial charge in [0, 0.05) is 16.1 Å². The van der Waals surface area contributed by atoms with Crippen LogP contribution in [-0.2, 0) is 11.4 Å². The summed E-state index contributed by atoms with van der Waals surface area (Å²) in [5.74, 6) is 0.746. The molecule has 0 spiro atoms. The van der Waals surface area contributed by atoms with Crippen molar-refractivity contribution in [1.82, 2.24) is 5.32 Å². The van der Waals surface area contributed by atoms with E-state index in [1.807, 2.05) is 26.8 Å². The molecule has 1 atom stereocenters. The monoisotopic (exact) mass is 329 g/mol. The summed E-state index contributed by atoms with van der Waals surface area (Å²) in [6.45, 7) is 5.88. The lowest BCUT2D eigenvalue weighted by atomic mass is 10.1. The fourth-order valence-electron chi connectivity index (χ4n) is 1.42. The van der Waals surface area contributed by atoms with Crippen LogP contribution in [0, 0.1) is 5.92 Å².